The Kier molecular flexibility index (Phi) is 3.54. The van der Waals surface area contributed by atoms with Gasteiger partial charge in [0.05, 0.1) is 12.3 Å². The van der Waals surface area contributed by atoms with Crippen LogP contribution in [0.25, 0.3) is 0 Å². The fourth-order valence-corrected chi connectivity index (χ4v) is 1.84. The number of benzene rings is 1. The van der Waals surface area contributed by atoms with Gasteiger partial charge in [-0.25, -0.2) is 4.39 Å². The van der Waals surface area contributed by atoms with Crippen molar-refractivity contribution in [2.75, 3.05) is 0 Å². The molecule has 0 spiro atoms. The third-order valence-corrected chi connectivity index (χ3v) is 2.64. The molecule has 0 aliphatic rings. The monoisotopic (exact) mass is 234 g/mol. The van der Waals surface area contributed by atoms with Gasteiger partial charge < -0.3 is 5.11 Å². The van der Waals surface area contributed by atoms with Crippen LogP contribution >= 0.6 is 0 Å². The Morgan fingerprint density at radius 1 is 1.35 bits per heavy atom. The van der Waals surface area contributed by atoms with Crippen LogP contribution in [0.1, 0.15) is 11.1 Å². The predicted octanol–water partition coefficient (Wildman–Crippen LogP) is 1.71. The van der Waals surface area contributed by atoms with Crippen molar-refractivity contribution in [1.29, 1.82) is 0 Å². The highest BCUT2D eigenvalue weighted by Gasteiger charge is 2.10. The minimum absolute atomic E-state index is 0.266. The molecule has 1 atom stereocenters. The molecule has 90 valence electrons. The lowest BCUT2D eigenvalue weighted by Gasteiger charge is -2.09. The molecule has 0 amide bonds. The highest BCUT2D eigenvalue weighted by Crippen LogP contribution is 2.11. The number of hydrogen-bond donors (Lipinski definition) is 1. The Morgan fingerprint density at radius 3 is 2.76 bits per heavy atom. The summed E-state index contributed by atoms with van der Waals surface area (Å²) in [4.78, 5) is 0. The average molecular weight is 234 g/mol. The Bertz CT molecular complexity index is 496. The predicted molar refractivity (Wildman–Crippen MR) is 63.0 cm³/mol. The summed E-state index contributed by atoms with van der Waals surface area (Å²) in [5.41, 5.74) is 1.50. The molecule has 2 aromatic rings. The van der Waals surface area contributed by atoms with Crippen molar-refractivity contribution in [3.63, 3.8) is 0 Å². The Labute approximate surface area is 99.5 Å². The van der Waals surface area contributed by atoms with Crippen LogP contribution in [0.15, 0.2) is 36.7 Å². The van der Waals surface area contributed by atoms with E-state index in [-0.39, 0.29) is 5.82 Å². The van der Waals surface area contributed by atoms with Crippen molar-refractivity contribution in [2.24, 2.45) is 7.05 Å². The Hall–Kier alpha value is -1.68. The summed E-state index contributed by atoms with van der Waals surface area (Å²) < 4.78 is 15.1. The van der Waals surface area contributed by atoms with Gasteiger partial charge in [0.1, 0.15) is 5.82 Å². The van der Waals surface area contributed by atoms with E-state index in [1.807, 2.05) is 13.2 Å². The molecule has 1 heterocycles. The zero-order valence-corrected chi connectivity index (χ0v) is 9.68. The molecule has 0 aliphatic heterocycles. The van der Waals surface area contributed by atoms with Gasteiger partial charge in [0.15, 0.2) is 0 Å². The third-order valence-electron chi connectivity index (χ3n) is 2.64. The smallest absolute Gasteiger partial charge is 0.126 e. The minimum atomic E-state index is -0.587. The fraction of sp³-hybridized carbons (Fsp3) is 0.308. The molecule has 3 nitrogen and oxygen atoms in total. The second-order valence-electron chi connectivity index (χ2n) is 4.18. The van der Waals surface area contributed by atoms with Gasteiger partial charge in [-0.15, -0.1) is 0 Å². The number of aliphatic hydroxyl groups is 1. The molecular weight excluding hydrogens is 219 g/mol. The summed E-state index contributed by atoms with van der Waals surface area (Å²) in [7, 11) is 1.83. The van der Waals surface area contributed by atoms with Crippen molar-refractivity contribution in [3.8, 4) is 0 Å². The molecule has 4 heteroatoms. The van der Waals surface area contributed by atoms with Crippen LogP contribution in [0, 0.1) is 5.82 Å². The summed E-state index contributed by atoms with van der Waals surface area (Å²) >= 11 is 0. The SMILES string of the molecule is Cn1cc(CC(O)Cc2ccccc2F)cn1. The van der Waals surface area contributed by atoms with E-state index in [0.29, 0.717) is 18.4 Å². The molecule has 1 aromatic heterocycles. The lowest BCUT2D eigenvalue weighted by atomic mass is 10.0. The average Bonchev–Trinajstić information content (AvgIpc) is 2.67. The van der Waals surface area contributed by atoms with E-state index in [9.17, 15) is 9.50 Å². The highest BCUT2D eigenvalue weighted by molar-refractivity contribution is 5.18. The van der Waals surface area contributed by atoms with Gasteiger partial charge in [0, 0.05) is 26.1 Å². The second kappa shape index (κ2) is 5.10. The maximum absolute atomic E-state index is 13.4. The quantitative estimate of drug-likeness (QED) is 0.874. The first-order valence-electron chi connectivity index (χ1n) is 5.54. The maximum atomic E-state index is 13.4. The molecule has 1 aromatic carbocycles. The number of nitrogens with zero attached hydrogens (tertiary/aromatic N) is 2. The molecule has 0 saturated carbocycles. The number of aliphatic hydroxyl groups excluding tert-OH is 1. The molecule has 0 radical (unpaired) electrons. The lowest BCUT2D eigenvalue weighted by molar-refractivity contribution is 0.174. The molecular formula is C13H15FN2O. The van der Waals surface area contributed by atoms with E-state index in [1.165, 1.54) is 6.07 Å². The molecule has 2 rings (SSSR count). The van der Waals surface area contributed by atoms with Gasteiger partial charge >= 0.3 is 0 Å². The van der Waals surface area contributed by atoms with Gasteiger partial charge in [-0.3, -0.25) is 4.68 Å². The molecule has 0 bridgehead atoms. The van der Waals surface area contributed by atoms with E-state index in [2.05, 4.69) is 5.10 Å². The summed E-state index contributed by atoms with van der Waals surface area (Å²) in [5, 5.41) is 13.9. The molecule has 0 fully saturated rings. The van der Waals surface area contributed by atoms with Crippen LogP contribution in [0.3, 0.4) is 0 Å². The normalized spacial score (nSPS) is 12.6. The van der Waals surface area contributed by atoms with Crippen LogP contribution in [-0.2, 0) is 19.9 Å². The summed E-state index contributed by atoms with van der Waals surface area (Å²) in [6.07, 6.45) is 3.79. The van der Waals surface area contributed by atoms with Crippen molar-refractivity contribution in [3.05, 3.63) is 53.6 Å². The molecule has 1 N–H and O–H groups in total. The number of aryl methyl sites for hydroxylation is 1. The number of hydrogen-bond acceptors (Lipinski definition) is 2. The molecule has 0 saturated heterocycles. The van der Waals surface area contributed by atoms with E-state index in [1.54, 1.807) is 29.1 Å². The van der Waals surface area contributed by atoms with E-state index >= 15 is 0 Å². The van der Waals surface area contributed by atoms with Crippen LogP contribution in [0.4, 0.5) is 4.39 Å². The van der Waals surface area contributed by atoms with Crippen molar-refractivity contribution >= 4 is 0 Å². The number of halogens is 1. The van der Waals surface area contributed by atoms with Gasteiger partial charge in [-0.2, -0.15) is 5.10 Å². The molecule has 1 unspecified atom stereocenters. The van der Waals surface area contributed by atoms with Crippen LogP contribution < -0.4 is 0 Å². The zero-order valence-electron chi connectivity index (χ0n) is 9.68. The van der Waals surface area contributed by atoms with Crippen LogP contribution in [0.2, 0.25) is 0 Å². The first kappa shape index (κ1) is 11.8. The van der Waals surface area contributed by atoms with Gasteiger partial charge in [-0.1, -0.05) is 18.2 Å². The third kappa shape index (κ3) is 3.14. The zero-order chi connectivity index (χ0) is 12.3. The van der Waals surface area contributed by atoms with Crippen LogP contribution in [-0.4, -0.2) is 21.0 Å². The molecule has 0 aliphatic carbocycles. The van der Waals surface area contributed by atoms with Gasteiger partial charge in [0.25, 0.3) is 0 Å². The largest absolute Gasteiger partial charge is 0.392 e. The summed E-state index contributed by atoms with van der Waals surface area (Å²) in [5.74, 6) is -0.266. The molecule has 17 heavy (non-hydrogen) atoms. The van der Waals surface area contributed by atoms with Gasteiger partial charge in [0.2, 0.25) is 0 Å². The topological polar surface area (TPSA) is 38.0 Å². The number of rotatable bonds is 4. The van der Waals surface area contributed by atoms with Crippen LogP contribution in [0.5, 0.6) is 0 Å². The fourth-order valence-electron chi connectivity index (χ4n) is 1.84. The summed E-state index contributed by atoms with van der Waals surface area (Å²) in [6, 6.07) is 6.52. The lowest BCUT2D eigenvalue weighted by Crippen LogP contribution is -2.14. The highest BCUT2D eigenvalue weighted by atomic mass is 19.1. The Balaban J connectivity index is 1.98. The van der Waals surface area contributed by atoms with Crippen molar-refractivity contribution in [2.45, 2.75) is 18.9 Å². The van der Waals surface area contributed by atoms with Gasteiger partial charge in [-0.05, 0) is 17.2 Å². The standard InChI is InChI=1S/C13H15FN2O/c1-16-9-10(8-15-16)6-12(17)7-11-4-2-3-5-13(11)14/h2-5,8-9,12,17H,6-7H2,1H3. The van der Waals surface area contributed by atoms with Crippen molar-refractivity contribution < 1.29 is 9.50 Å². The number of aromatic nitrogens is 2. The maximum Gasteiger partial charge on any atom is 0.126 e. The summed E-state index contributed by atoms with van der Waals surface area (Å²) in [6.45, 7) is 0. The van der Waals surface area contributed by atoms with E-state index < -0.39 is 6.10 Å². The van der Waals surface area contributed by atoms with E-state index in [0.717, 1.165) is 5.56 Å². The minimum Gasteiger partial charge on any atom is -0.392 e. The first-order valence-corrected chi connectivity index (χ1v) is 5.54. The van der Waals surface area contributed by atoms with Crippen molar-refractivity contribution in [1.82, 2.24) is 9.78 Å². The Morgan fingerprint density at radius 2 is 2.12 bits per heavy atom. The first-order chi connectivity index (χ1) is 8.15. The van der Waals surface area contributed by atoms with E-state index in [4.69, 9.17) is 0 Å². The second-order valence-corrected chi connectivity index (χ2v) is 4.18.